The van der Waals surface area contributed by atoms with Crippen LogP contribution in [-0.2, 0) is 6.54 Å². The Morgan fingerprint density at radius 3 is 3.04 bits per heavy atom. The predicted octanol–water partition coefficient (Wildman–Crippen LogP) is 3.02. The summed E-state index contributed by atoms with van der Waals surface area (Å²) in [5, 5.41) is 7.14. The number of halogens is 1. The lowest BCUT2D eigenvalue weighted by molar-refractivity contribution is 0.142. The number of carbonyl (C=O) groups excluding carboxylic acids is 1. The lowest BCUT2D eigenvalue weighted by Crippen LogP contribution is -2.51. The standard InChI is InChI=1S/C18H26ClN3O2/c1-12(2)24-17-6-4-15(19)7-14(17)9-21-18(23)22-11-13-3-5-16(22)10-20-8-13/h4,6-7,12-13,16,20H,3,5,8-11H2,1-2H3,(H,21,23)/t13-,16+/m1/s1. The molecule has 5 nitrogen and oxygen atoms in total. The zero-order valence-electron chi connectivity index (χ0n) is 14.3. The van der Waals surface area contributed by atoms with Gasteiger partial charge in [0.25, 0.3) is 0 Å². The summed E-state index contributed by atoms with van der Waals surface area (Å²) in [5.41, 5.74) is 0.905. The summed E-state index contributed by atoms with van der Waals surface area (Å²) in [4.78, 5) is 14.6. The number of hydrogen-bond acceptors (Lipinski definition) is 3. The van der Waals surface area contributed by atoms with E-state index in [1.807, 2.05) is 36.9 Å². The highest BCUT2D eigenvalue weighted by Crippen LogP contribution is 2.26. The molecule has 4 rings (SSSR count). The van der Waals surface area contributed by atoms with Crippen LogP contribution >= 0.6 is 11.6 Å². The monoisotopic (exact) mass is 351 g/mol. The fourth-order valence-corrected chi connectivity index (χ4v) is 3.71. The van der Waals surface area contributed by atoms with Crippen LogP contribution in [0, 0.1) is 5.92 Å². The maximum absolute atomic E-state index is 12.6. The van der Waals surface area contributed by atoms with Gasteiger partial charge in [-0.15, -0.1) is 0 Å². The second-order valence-electron chi connectivity index (χ2n) is 6.99. The van der Waals surface area contributed by atoms with Crippen molar-refractivity contribution in [3.05, 3.63) is 28.8 Å². The van der Waals surface area contributed by atoms with Crippen LogP contribution in [0.3, 0.4) is 0 Å². The Bertz CT molecular complexity index is 590. The second kappa shape index (κ2) is 7.62. The molecule has 24 heavy (non-hydrogen) atoms. The molecular weight excluding hydrogens is 326 g/mol. The molecule has 3 heterocycles. The van der Waals surface area contributed by atoms with Crippen molar-refractivity contribution in [1.29, 1.82) is 0 Å². The third kappa shape index (κ3) is 4.14. The summed E-state index contributed by atoms with van der Waals surface area (Å²) in [7, 11) is 0. The molecule has 3 aliphatic heterocycles. The molecular formula is C18H26ClN3O2. The Hall–Kier alpha value is -1.46. The number of rotatable bonds is 4. The van der Waals surface area contributed by atoms with Gasteiger partial charge in [-0.3, -0.25) is 0 Å². The number of fused-ring (bicyclic) bond motifs is 4. The van der Waals surface area contributed by atoms with Gasteiger partial charge in [0.05, 0.1) is 6.10 Å². The van der Waals surface area contributed by atoms with Crippen molar-refractivity contribution in [2.45, 2.75) is 45.4 Å². The number of ether oxygens (including phenoxy) is 1. The molecule has 0 aliphatic carbocycles. The first-order chi connectivity index (χ1) is 11.5. The van der Waals surface area contributed by atoms with Gasteiger partial charge in [-0.2, -0.15) is 0 Å². The quantitative estimate of drug-likeness (QED) is 0.876. The molecule has 0 spiro atoms. The van der Waals surface area contributed by atoms with Gasteiger partial charge in [-0.1, -0.05) is 11.6 Å². The molecule has 0 radical (unpaired) electrons. The molecule has 3 saturated heterocycles. The van der Waals surface area contributed by atoms with Crippen LogP contribution in [0.25, 0.3) is 0 Å². The van der Waals surface area contributed by atoms with Gasteiger partial charge < -0.3 is 20.3 Å². The van der Waals surface area contributed by atoms with Crippen LogP contribution in [0.5, 0.6) is 5.75 Å². The summed E-state index contributed by atoms with van der Waals surface area (Å²) in [6.07, 6.45) is 2.37. The summed E-state index contributed by atoms with van der Waals surface area (Å²) in [6.45, 7) is 7.14. The molecule has 3 aliphatic rings. The zero-order chi connectivity index (χ0) is 17.1. The van der Waals surface area contributed by atoms with E-state index in [1.54, 1.807) is 0 Å². The van der Waals surface area contributed by atoms with E-state index in [2.05, 4.69) is 10.6 Å². The van der Waals surface area contributed by atoms with Gasteiger partial charge in [-0.25, -0.2) is 4.79 Å². The van der Waals surface area contributed by atoms with Crippen molar-refractivity contribution in [3.8, 4) is 5.75 Å². The summed E-state index contributed by atoms with van der Waals surface area (Å²) >= 11 is 6.10. The van der Waals surface area contributed by atoms with Crippen molar-refractivity contribution in [2.24, 2.45) is 5.92 Å². The minimum absolute atomic E-state index is 0.00359. The van der Waals surface area contributed by atoms with Crippen LogP contribution < -0.4 is 15.4 Å². The smallest absolute Gasteiger partial charge is 0.317 e. The largest absolute Gasteiger partial charge is 0.491 e. The van der Waals surface area contributed by atoms with Crippen molar-refractivity contribution >= 4 is 17.6 Å². The zero-order valence-corrected chi connectivity index (χ0v) is 15.1. The van der Waals surface area contributed by atoms with Gasteiger partial charge >= 0.3 is 6.03 Å². The number of carbonyl (C=O) groups is 1. The third-order valence-electron chi connectivity index (χ3n) is 4.69. The van der Waals surface area contributed by atoms with E-state index in [9.17, 15) is 4.79 Å². The van der Waals surface area contributed by atoms with Crippen LogP contribution in [0.15, 0.2) is 18.2 Å². The highest BCUT2D eigenvalue weighted by atomic mass is 35.5. The van der Waals surface area contributed by atoms with Gasteiger partial charge in [0.2, 0.25) is 0 Å². The number of nitrogens with one attached hydrogen (secondary N) is 2. The van der Waals surface area contributed by atoms with Crippen molar-refractivity contribution in [1.82, 2.24) is 15.5 Å². The number of nitrogens with zero attached hydrogens (tertiary/aromatic N) is 1. The second-order valence-corrected chi connectivity index (χ2v) is 7.42. The third-order valence-corrected chi connectivity index (χ3v) is 4.93. The van der Waals surface area contributed by atoms with Gasteiger partial charge in [0.1, 0.15) is 5.75 Å². The normalized spacial score (nSPS) is 23.2. The number of benzene rings is 1. The lowest BCUT2D eigenvalue weighted by Gasteiger charge is -2.36. The first-order valence-corrected chi connectivity index (χ1v) is 9.11. The number of piperidine rings is 1. The van der Waals surface area contributed by atoms with Gasteiger partial charge in [0, 0.05) is 36.3 Å². The van der Waals surface area contributed by atoms with Crippen LogP contribution in [0.1, 0.15) is 32.3 Å². The SMILES string of the molecule is CC(C)Oc1ccc(Cl)cc1CNC(=O)N1C[C@@H]2CC[C@H]1CNC2. The number of urea groups is 1. The average molecular weight is 352 g/mol. The number of amides is 2. The van der Waals surface area contributed by atoms with Crippen LogP contribution in [0.4, 0.5) is 4.79 Å². The van der Waals surface area contributed by atoms with Gasteiger partial charge in [-0.05, 0) is 57.4 Å². The summed E-state index contributed by atoms with van der Waals surface area (Å²) in [5.74, 6) is 1.34. The molecule has 3 fully saturated rings. The van der Waals surface area contributed by atoms with E-state index in [0.29, 0.717) is 23.5 Å². The first kappa shape index (κ1) is 17.4. The van der Waals surface area contributed by atoms with Crippen LogP contribution in [0.2, 0.25) is 5.02 Å². The van der Waals surface area contributed by atoms with Gasteiger partial charge in [0.15, 0.2) is 0 Å². The Morgan fingerprint density at radius 1 is 1.42 bits per heavy atom. The van der Waals surface area contributed by atoms with Crippen LogP contribution in [-0.4, -0.2) is 42.7 Å². The molecule has 2 N–H and O–H groups in total. The van der Waals surface area contributed by atoms with E-state index in [0.717, 1.165) is 37.4 Å². The Morgan fingerprint density at radius 2 is 2.25 bits per heavy atom. The Labute approximate surface area is 148 Å². The minimum atomic E-state index is 0.00359. The fraction of sp³-hybridized carbons (Fsp3) is 0.611. The molecule has 1 aromatic carbocycles. The van der Waals surface area contributed by atoms with E-state index in [1.165, 1.54) is 6.42 Å². The maximum atomic E-state index is 12.6. The van der Waals surface area contributed by atoms with E-state index in [-0.39, 0.29) is 12.1 Å². The Kier molecular flexibility index (Phi) is 5.51. The van der Waals surface area contributed by atoms with Crippen molar-refractivity contribution in [3.63, 3.8) is 0 Å². The molecule has 132 valence electrons. The lowest BCUT2D eigenvalue weighted by atomic mass is 9.95. The molecule has 1 aromatic rings. The topological polar surface area (TPSA) is 53.6 Å². The predicted molar refractivity (Wildman–Crippen MR) is 95.5 cm³/mol. The van der Waals surface area contributed by atoms with E-state index in [4.69, 9.17) is 16.3 Å². The molecule has 6 heteroatoms. The fourth-order valence-electron chi connectivity index (χ4n) is 3.51. The average Bonchev–Trinajstić information content (AvgIpc) is 2.90. The number of hydrogen-bond donors (Lipinski definition) is 2. The van der Waals surface area contributed by atoms with E-state index < -0.39 is 0 Å². The summed E-state index contributed by atoms with van der Waals surface area (Å²) < 4.78 is 5.81. The molecule has 0 unspecified atom stereocenters. The maximum Gasteiger partial charge on any atom is 0.317 e. The highest BCUT2D eigenvalue weighted by Gasteiger charge is 2.33. The van der Waals surface area contributed by atoms with Crippen molar-refractivity contribution in [2.75, 3.05) is 19.6 Å². The first-order valence-electron chi connectivity index (χ1n) is 8.73. The Balaban J connectivity index is 1.65. The molecule has 2 bridgehead atoms. The molecule has 2 atom stereocenters. The highest BCUT2D eigenvalue weighted by molar-refractivity contribution is 6.30. The molecule has 2 amide bonds. The molecule has 0 saturated carbocycles. The minimum Gasteiger partial charge on any atom is -0.491 e. The van der Waals surface area contributed by atoms with E-state index >= 15 is 0 Å². The van der Waals surface area contributed by atoms with Crippen molar-refractivity contribution < 1.29 is 9.53 Å². The summed E-state index contributed by atoms with van der Waals surface area (Å²) in [6, 6.07) is 5.83. The molecule has 0 aromatic heterocycles.